The van der Waals surface area contributed by atoms with E-state index in [1.807, 2.05) is 30.3 Å². The van der Waals surface area contributed by atoms with Crippen LogP contribution in [0, 0.1) is 0 Å². The van der Waals surface area contributed by atoms with Crippen LogP contribution in [0.3, 0.4) is 0 Å². The summed E-state index contributed by atoms with van der Waals surface area (Å²) in [5, 5.41) is 11.0. The molecule has 4 rings (SSSR count). The number of rotatable bonds is 4. The van der Waals surface area contributed by atoms with E-state index >= 15 is 0 Å². The smallest absolute Gasteiger partial charge is 0.301 e. The SMILES string of the molecule is CC(C)c1ccc([C@@H]2/C(=C(\O)c3ccccc3)C(=O)C(=O)N2c2ccccn2)cc1. The first-order valence-electron chi connectivity index (χ1n) is 9.86. The Labute approximate surface area is 175 Å². The molecule has 0 aliphatic carbocycles. The van der Waals surface area contributed by atoms with Crippen molar-refractivity contribution in [3.63, 3.8) is 0 Å². The van der Waals surface area contributed by atoms with E-state index in [-0.39, 0.29) is 11.3 Å². The average molecular weight is 398 g/mol. The number of hydrogen-bond donors (Lipinski definition) is 1. The predicted octanol–water partition coefficient (Wildman–Crippen LogP) is 4.83. The second-order valence-corrected chi connectivity index (χ2v) is 7.54. The Morgan fingerprint density at radius 2 is 1.60 bits per heavy atom. The Kier molecular flexibility index (Phi) is 5.19. The first-order valence-corrected chi connectivity index (χ1v) is 9.86. The van der Waals surface area contributed by atoms with E-state index < -0.39 is 17.7 Å². The summed E-state index contributed by atoms with van der Waals surface area (Å²) in [4.78, 5) is 31.7. The quantitative estimate of drug-likeness (QED) is 0.388. The third-order valence-corrected chi connectivity index (χ3v) is 5.31. The summed E-state index contributed by atoms with van der Waals surface area (Å²) in [6.45, 7) is 4.20. The van der Waals surface area contributed by atoms with Gasteiger partial charge in [-0.15, -0.1) is 0 Å². The van der Waals surface area contributed by atoms with E-state index in [9.17, 15) is 14.7 Å². The van der Waals surface area contributed by atoms with Crippen LogP contribution in [-0.2, 0) is 9.59 Å². The highest BCUT2D eigenvalue weighted by Gasteiger charge is 2.47. The highest BCUT2D eigenvalue weighted by molar-refractivity contribution is 6.51. The zero-order valence-electron chi connectivity index (χ0n) is 16.8. The van der Waals surface area contributed by atoms with Gasteiger partial charge in [0, 0.05) is 11.8 Å². The summed E-state index contributed by atoms with van der Waals surface area (Å²) in [5.74, 6) is -0.899. The molecule has 0 radical (unpaired) electrons. The van der Waals surface area contributed by atoms with Crippen molar-refractivity contribution in [3.8, 4) is 0 Å². The monoisotopic (exact) mass is 398 g/mol. The van der Waals surface area contributed by atoms with Crippen LogP contribution >= 0.6 is 0 Å². The summed E-state index contributed by atoms with van der Waals surface area (Å²) in [7, 11) is 0. The number of aromatic nitrogens is 1. The molecule has 0 unspecified atom stereocenters. The number of hydrogen-bond acceptors (Lipinski definition) is 4. The van der Waals surface area contributed by atoms with E-state index in [1.54, 1.807) is 48.7 Å². The molecule has 5 heteroatoms. The minimum absolute atomic E-state index is 0.0640. The van der Waals surface area contributed by atoms with E-state index in [1.165, 1.54) is 4.90 Å². The molecule has 1 N–H and O–H groups in total. The van der Waals surface area contributed by atoms with Gasteiger partial charge in [-0.1, -0.05) is 74.5 Å². The molecule has 150 valence electrons. The van der Waals surface area contributed by atoms with Gasteiger partial charge >= 0.3 is 5.91 Å². The molecule has 1 aromatic heterocycles. The summed E-state index contributed by atoms with van der Waals surface area (Å²) < 4.78 is 0. The minimum Gasteiger partial charge on any atom is -0.507 e. The summed E-state index contributed by atoms with van der Waals surface area (Å²) in [6, 6.07) is 21.0. The van der Waals surface area contributed by atoms with Gasteiger partial charge < -0.3 is 5.11 Å². The van der Waals surface area contributed by atoms with Crippen molar-refractivity contribution in [1.82, 2.24) is 4.98 Å². The zero-order chi connectivity index (χ0) is 21.3. The second kappa shape index (κ2) is 7.95. The van der Waals surface area contributed by atoms with Crippen LogP contribution in [0.15, 0.2) is 84.6 Å². The van der Waals surface area contributed by atoms with Crippen molar-refractivity contribution >= 4 is 23.3 Å². The van der Waals surface area contributed by atoms with Gasteiger partial charge in [-0.2, -0.15) is 0 Å². The molecule has 1 aliphatic rings. The van der Waals surface area contributed by atoms with Crippen molar-refractivity contribution in [3.05, 3.63) is 101 Å². The summed E-state index contributed by atoms with van der Waals surface area (Å²) in [6.07, 6.45) is 1.57. The lowest BCUT2D eigenvalue weighted by Crippen LogP contribution is -2.30. The lowest BCUT2D eigenvalue weighted by atomic mass is 9.93. The van der Waals surface area contributed by atoms with Gasteiger partial charge in [0.25, 0.3) is 5.78 Å². The maximum atomic E-state index is 13.0. The zero-order valence-corrected chi connectivity index (χ0v) is 16.8. The number of amides is 1. The van der Waals surface area contributed by atoms with Crippen molar-refractivity contribution in [2.75, 3.05) is 4.90 Å². The first-order chi connectivity index (χ1) is 14.5. The highest BCUT2D eigenvalue weighted by Crippen LogP contribution is 2.41. The fourth-order valence-electron chi connectivity index (χ4n) is 3.70. The largest absolute Gasteiger partial charge is 0.507 e. The van der Waals surface area contributed by atoms with E-state index in [4.69, 9.17) is 0 Å². The van der Waals surface area contributed by atoms with Crippen LogP contribution in [0.1, 0.15) is 42.5 Å². The van der Waals surface area contributed by atoms with Crippen molar-refractivity contribution in [1.29, 1.82) is 0 Å². The topological polar surface area (TPSA) is 70.5 Å². The van der Waals surface area contributed by atoms with Crippen LogP contribution in [0.25, 0.3) is 5.76 Å². The standard InChI is InChI=1S/C25H22N2O3/c1-16(2)17-11-13-18(14-12-17)22-21(23(28)19-8-4-3-5-9-19)24(29)25(30)27(22)20-10-6-7-15-26-20/h3-16,22,28H,1-2H3/b23-21+/t22-/m1/s1. The Balaban J connectivity index is 1.92. The normalized spacial score (nSPS) is 18.2. The molecule has 5 nitrogen and oxygen atoms in total. The number of pyridine rings is 1. The summed E-state index contributed by atoms with van der Waals surface area (Å²) >= 11 is 0. The third-order valence-electron chi connectivity index (χ3n) is 5.31. The van der Waals surface area contributed by atoms with Crippen LogP contribution in [0.5, 0.6) is 0 Å². The molecule has 1 fully saturated rings. The van der Waals surface area contributed by atoms with Crippen molar-refractivity contribution < 1.29 is 14.7 Å². The fraction of sp³-hybridized carbons (Fsp3) is 0.160. The van der Waals surface area contributed by atoms with Crippen molar-refractivity contribution in [2.45, 2.75) is 25.8 Å². The Morgan fingerprint density at radius 1 is 0.933 bits per heavy atom. The molecular formula is C25H22N2O3. The van der Waals surface area contributed by atoms with Gasteiger partial charge in [-0.05, 0) is 29.2 Å². The molecule has 0 spiro atoms. The van der Waals surface area contributed by atoms with Crippen LogP contribution in [0.2, 0.25) is 0 Å². The Bertz CT molecular complexity index is 1100. The van der Waals surface area contributed by atoms with E-state index in [0.717, 1.165) is 11.1 Å². The number of carbonyl (C=O) groups is 2. The van der Waals surface area contributed by atoms with Crippen LogP contribution in [0.4, 0.5) is 5.82 Å². The number of benzene rings is 2. The molecular weight excluding hydrogens is 376 g/mol. The molecule has 1 amide bonds. The molecule has 2 heterocycles. The maximum Gasteiger partial charge on any atom is 0.301 e. The average Bonchev–Trinajstić information content (AvgIpc) is 3.05. The van der Waals surface area contributed by atoms with Gasteiger partial charge in [0.15, 0.2) is 0 Å². The number of ketones is 1. The Morgan fingerprint density at radius 3 is 2.20 bits per heavy atom. The minimum atomic E-state index is -0.763. The predicted molar refractivity (Wildman–Crippen MR) is 116 cm³/mol. The number of anilines is 1. The molecule has 1 saturated heterocycles. The van der Waals surface area contributed by atoms with Gasteiger partial charge in [-0.3, -0.25) is 14.5 Å². The lowest BCUT2D eigenvalue weighted by molar-refractivity contribution is -0.132. The number of nitrogens with zero attached hydrogens (tertiary/aromatic N) is 2. The Hall–Kier alpha value is -3.73. The highest BCUT2D eigenvalue weighted by atomic mass is 16.3. The van der Waals surface area contributed by atoms with Gasteiger partial charge in [-0.25, -0.2) is 4.98 Å². The molecule has 1 aliphatic heterocycles. The molecule has 0 bridgehead atoms. The molecule has 2 aromatic carbocycles. The lowest BCUT2D eigenvalue weighted by Gasteiger charge is -2.24. The number of aliphatic hydroxyl groups excluding tert-OH is 1. The molecule has 30 heavy (non-hydrogen) atoms. The van der Waals surface area contributed by atoms with E-state index in [0.29, 0.717) is 17.3 Å². The molecule has 3 aromatic rings. The van der Waals surface area contributed by atoms with Crippen molar-refractivity contribution in [2.24, 2.45) is 0 Å². The number of carbonyl (C=O) groups excluding carboxylic acids is 2. The number of Topliss-reactive ketones (excluding diaryl/α,β-unsaturated/α-hetero) is 1. The van der Waals surface area contributed by atoms with Gasteiger partial charge in [0.1, 0.15) is 11.6 Å². The third kappa shape index (κ3) is 3.39. The van der Waals surface area contributed by atoms with Gasteiger partial charge in [0.2, 0.25) is 0 Å². The summed E-state index contributed by atoms with van der Waals surface area (Å²) in [5.41, 5.74) is 2.44. The van der Waals surface area contributed by atoms with Crippen LogP contribution in [-0.4, -0.2) is 21.8 Å². The van der Waals surface area contributed by atoms with E-state index in [2.05, 4.69) is 18.8 Å². The van der Waals surface area contributed by atoms with Crippen LogP contribution < -0.4 is 4.90 Å². The molecule has 1 atom stereocenters. The number of aliphatic hydroxyl groups is 1. The van der Waals surface area contributed by atoms with Gasteiger partial charge in [0.05, 0.1) is 11.6 Å². The molecule has 0 saturated carbocycles. The fourth-order valence-corrected chi connectivity index (χ4v) is 3.70. The first kappa shape index (κ1) is 19.6. The maximum absolute atomic E-state index is 13.0. The second-order valence-electron chi connectivity index (χ2n) is 7.54.